The van der Waals surface area contributed by atoms with E-state index in [1.807, 2.05) is 36.4 Å². The molecule has 102 valence electrons. The number of hydrogen-bond acceptors (Lipinski definition) is 5. The quantitative estimate of drug-likeness (QED) is 0.892. The molecule has 0 bridgehead atoms. The Morgan fingerprint density at radius 1 is 1.10 bits per heavy atom. The zero-order chi connectivity index (χ0) is 13.8. The summed E-state index contributed by atoms with van der Waals surface area (Å²) in [5.41, 5.74) is 9.63. The molecule has 0 spiro atoms. The largest absolute Gasteiger partial charge is 0.390 e. The molecular weight excluding hydrogens is 252 g/mol. The SMILES string of the molecule is NCC1CC(c2ccc(Nc3ccncc3)cc2)=NO1. The third-order valence-electron chi connectivity index (χ3n) is 3.18. The van der Waals surface area contributed by atoms with Crippen LogP contribution in [-0.4, -0.2) is 23.3 Å². The van der Waals surface area contributed by atoms with Crippen LogP contribution in [0.4, 0.5) is 11.4 Å². The molecule has 1 aliphatic rings. The molecule has 0 aliphatic carbocycles. The van der Waals surface area contributed by atoms with Crippen LogP contribution in [0.2, 0.25) is 0 Å². The first-order chi connectivity index (χ1) is 9.85. The molecule has 1 atom stereocenters. The van der Waals surface area contributed by atoms with Crippen molar-refractivity contribution in [3.8, 4) is 0 Å². The topological polar surface area (TPSA) is 72.5 Å². The Kier molecular flexibility index (Phi) is 3.60. The summed E-state index contributed by atoms with van der Waals surface area (Å²) in [6.45, 7) is 0.495. The van der Waals surface area contributed by atoms with Crippen molar-refractivity contribution in [3.63, 3.8) is 0 Å². The van der Waals surface area contributed by atoms with Crippen molar-refractivity contribution < 1.29 is 4.84 Å². The number of nitrogens with one attached hydrogen (secondary N) is 1. The van der Waals surface area contributed by atoms with Crippen molar-refractivity contribution in [1.82, 2.24) is 4.98 Å². The Morgan fingerprint density at radius 2 is 1.80 bits per heavy atom. The minimum Gasteiger partial charge on any atom is -0.390 e. The highest BCUT2D eigenvalue weighted by atomic mass is 16.6. The summed E-state index contributed by atoms with van der Waals surface area (Å²) in [5, 5.41) is 7.39. The molecule has 1 aliphatic heterocycles. The summed E-state index contributed by atoms with van der Waals surface area (Å²) in [7, 11) is 0. The summed E-state index contributed by atoms with van der Waals surface area (Å²) in [4.78, 5) is 9.22. The lowest BCUT2D eigenvalue weighted by Crippen LogP contribution is -2.20. The molecule has 0 saturated heterocycles. The Labute approximate surface area is 117 Å². The number of benzene rings is 1. The van der Waals surface area contributed by atoms with Crippen LogP contribution >= 0.6 is 0 Å². The highest BCUT2D eigenvalue weighted by molar-refractivity contribution is 6.01. The van der Waals surface area contributed by atoms with Crippen molar-refractivity contribution in [2.75, 3.05) is 11.9 Å². The number of nitrogens with zero attached hydrogens (tertiary/aromatic N) is 2. The van der Waals surface area contributed by atoms with Crippen molar-refractivity contribution in [2.24, 2.45) is 10.9 Å². The van der Waals surface area contributed by atoms with Crippen LogP contribution in [0.1, 0.15) is 12.0 Å². The van der Waals surface area contributed by atoms with Crippen LogP contribution in [0.15, 0.2) is 53.9 Å². The molecule has 5 nitrogen and oxygen atoms in total. The molecular formula is C15H16N4O. The van der Waals surface area contributed by atoms with Gasteiger partial charge >= 0.3 is 0 Å². The minimum atomic E-state index is 0.0135. The third kappa shape index (κ3) is 2.78. The van der Waals surface area contributed by atoms with Crippen LogP contribution < -0.4 is 11.1 Å². The van der Waals surface area contributed by atoms with Gasteiger partial charge in [-0.15, -0.1) is 0 Å². The molecule has 0 saturated carbocycles. The lowest BCUT2D eigenvalue weighted by molar-refractivity contribution is 0.0918. The lowest BCUT2D eigenvalue weighted by atomic mass is 10.0. The van der Waals surface area contributed by atoms with Gasteiger partial charge in [-0.05, 0) is 29.8 Å². The molecule has 3 N–H and O–H groups in total. The van der Waals surface area contributed by atoms with E-state index in [1.165, 1.54) is 0 Å². The van der Waals surface area contributed by atoms with Gasteiger partial charge in [-0.25, -0.2) is 0 Å². The first-order valence-corrected chi connectivity index (χ1v) is 6.55. The van der Waals surface area contributed by atoms with E-state index in [4.69, 9.17) is 10.6 Å². The fraction of sp³-hybridized carbons (Fsp3) is 0.200. The van der Waals surface area contributed by atoms with Crippen molar-refractivity contribution >= 4 is 17.1 Å². The van der Waals surface area contributed by atoms with Crippen LogP contribution in [0.3, 0.4) is 0 Å². The zero-order valence-electron chi connectivity index (χ0n) is 11.0. The second-order valence-electron chi connectivity index (χ2n) is 4.64. The molecule has 1 unspecified atom stereocenters. The predicted molar refractivity (Wildman–Crippen MR) is 79.0 cm³/mol. The molecule has 20 heavy (non-hydrogen) atoms. The number of anilines is 2. The maximum atomic E-state index is 5.57. The van der Waals surface area contributed by atoms with Crippen molar-refractivity contribution in [1.29, 1.82) is 0 Å². The first kappa shape index (κ1) is 12.6. The van der Waals surface area contributed by atoms with E-state index in [0.717, 1.165) is 29.1 Å². The van der Waals surface area contributed by atoms with Gasteiger partial charge < -0.3 is 15.9 Å². The molecule has 0 amide bonds. The van der Waals surface area contributed by atoms with Crippen LogP contribution in [0.5, 0.6) is 0 Å². The molecule has 2 heterocycles. The van der Waals surface area contributed by atoms with Gasteiger partial charge in [0.2, 0.25) is 0 Å². The number of aromatic nitrogens is 1. The number of pyridine rings is 1. The van der Waals surface area contributed by atoms with E-state index in [9.17, 15) is 0 Å². The van der Waals surface area contributed by atoms with Crippen LogP contribution in [0, 0.1) is 0 Å². The van der Waals surface area contributed by atoms with Gasteiger partial charge in [0.1, 0.15) is 6.10 Å². The molecule has 1 aromatic carbocycles. The summed E-state index contributed by atoms with van der Waals surface area (Å²) in [5.74, 6) is 0. The monoisotopic (exact) mass is 268 g/mol. The number of oxime groups is 1. The Hall–Kier alpha value is -2.40. The highest BCUT2D eigenvalue weighted by Crippen LogP contribution is 2.20. The first-order valence-electron chi connectivity index (χ1n) is 6.55. The van der Waals surface area contributed by atoms with Gasteiger partial charge in [-0.2, -0.15) is 0 Å². The molecule has 3 rings (SSSR count). The molecule has 5 heteroatoms. The molecule has 1 aromatic heterocycles. The maximum absolute atomic E-state index is 5.57. The number of nitrogens with two attached hydrogens (primary N) is 1. The Morgan fingerprint density at radius 3 is 2.45 bits per heavy atom. The second kappa shape index (κ2) is 5.71. The van der Waals surface area contributed by atoms with Gasteiger partial charge in [0, 0.05) is 36.7 Å². The smallest absolute Gasteiger partial charge is 0.145 e. The fourth-order valence-electron chi connectivity index (χ4n) is 2.07. The van der Waals surface area contributed by atoms with E-state index < -0.39 is 0 Å². The minimum absolute atomic E-state index is 0.0135. The summed E-state index contributed by atoms with van der Waals surface area (Å²) < 4.78 is 0. The lowest BCUT2D eigenvalue weighted by Gasteiger charge is -2.07. The third-order valence-corrected chi connectivity index (χ3v) is 3.18. The van der Waals surface area contributed by atoms with Gasteiger partial charge in [0.15, 0.2) is 0 Å². The standard InChI is InChI=1S/C15H16N4O/c16-10-14-9-15(19-20-14)11-1-3-12(4-2-11)18-13-5-7-17-8-6-13/h1-8,14H,9-10,16H2,(H,17,18). The van der Waals surface area contributed by atoms with E-state index in [0.29, 0.717) is 6.54 Å². The summed E-state index contributed by atoms with van der Waals surface area (Å²) in [6, 6.07) is 12.0. The Balaban J connectivity index is 1.69. The van der Waals surface area contributed by atoms with Gasteiger partial charge in [0.25, 0.3) is 0 Å². The summed E-state index contributed by atoms with van der Waals surface area (Å²) in [6.07, 6.45) is 4.30. The molecule has 0 fully saturated rings. The van der Waals surface area contributed by atoms with Gasteiger partial charge in [-0.1, -0.05) is 17.3 Å². The van der Waals surface area contributed by atoms with Gasteiger partial charge in [-0.3, -0.25) is 4.98 Å². The fourth-order valence-corrected chi connectivity index (χ4v) is 2.07. The average Bonchev–Trinajstić information content (AvgIpc) is 2.98. The number of rotatable bonds is 4. The number of hydrogen-bond donors (Lipinski definition) is 2. The molecule has 0 radical (unpaired) electrons. The average molecular weight is 268 g/mol. The van der Waals surface area contributed by atoms with Gasteiger partial charge in [0.05, 0.1) is 5.71 Å². The summed E-state index contributed by atoms with van der Waals surface area (Å²) >= 11 is 0. The van der Waals surface area contributed by atoms with Crippen molar-refractivity contribution in [3.05, 3.63) is 54.4 Å². The predicted octanol–water partition coefficient (Wildman–Crippen LogP) is 2.28. The van der Waals surface area contributed by atoms with Crippen molar-refractivity contribution in [2.45, 2.75) is 12.5 Å². The van der Waals surface area contributed by atoms with E-state index in [1.54, 1.807) is 12.4 Å². The van der Waals surface area contributed by atoms with Crippen LogP contribution in [0.25, 0.3) is 0 Å². The van der Waals surface area contributed by atoms with E-state index >= 15 is 0 Å². The van der Waals surface area contributed by atoms with Crippen LogP contribution in [-0.2, 0) is 4.84 Å². The second-order valence-corrected chi connectivity index (χ2v) is 4.64. The normalized spacial score (nSPS) is 17.4. The maximum Gasteiger partial charge on any atom is 0.145 e. The van der Waals surface area contributed by atoms with E-state index in [2.05, 4.69) is 15.5 Å². The highest BCUT2D eigenvalue weighted by Gasteiger charge is 2.20. The van der Waals surface area contributed by atoms with E-state index in [-0.39, 0.29) is 6.10 Å². The zero-order valence-corrected chi connectivity index (χ0v) is 11.0. The molecule has 2 aromatic rings. The Bertz CT molecular complexity index is 595.